The molecule has 1 rings (SSSR count). The number of carboxylic acids is 1. The van der Waals surface area contributed by atoms with Gasteiger partial charge in [0.05, 0.1) is 6.10 Å². The van der Waals surface area contributed by atoms with Crippen molar-refractivity contribution in [2.24, 2.45) is 11.7 Å². The molecule has 0 saturated carbocycles. The van der Waals surface area contributed by atoms with Gasteiger partial charge >= 0.3 is 5.97 Å². The molecule has 0 aromatic carbocycles. The van der Waals surface area contributed by atoms with Crippen LogP contribution in [0.1, 0.15) is 20.3 Å². The van der Waals surface area contributed by atoms with E-state index in [1.54, 1.807) is 11.8 Å². The van der Waals surface area contributed by atoms with Gasteiger partial charge in [-0.2, -0.15) is 11.8 Å². The van der Waals surface area contributed by atoms with Crippen molar-refractivity contribution in [2.75, 3.05) is 5.75 Å². The van der Waals surface area contributed by atoms with Gasteiger partial charge in [-0.1, -0.05) is 13.8 Å². The molecule has 0 aliphatic carbocycles. The zero-order valence-corrected chi connectivity index (χ0v) is 9.25. The number of aliphatic hydroxyl groups excluding tert-OH is 1. The first-order valence-corrected chi connectivity index (χ1v) is 5.65. The topological polar surface area (TPSA) is 83.5 Å². The lowest BCUT2D eigenvalue weighted by molar-refractivity contribution is -0.142. The second-order valence-corrected chi connectivity index (χ2v) is 5.95. The van der Waals surface area contributed by atoms with Crippen LogP contribution in [0.5, 0.6) is 0 Å². The second-order valence-electron chi connectivity index (χ2n) is 4.20. The number of hydrogen-bond donors (Lipinski definition) is 3. The highest BCUT2D eigenvalue weighted by molar-refractivity contribution is 8.00. The summed E-state index contributed by atoms with van der Waals surface area (Å²) in [4.78, 5) is 10.6. The Labute approximate surface area is 87.9 Å². The molecule has 0 radical (unpaired) electrons. The van der Waals surface area contributed by atoms with E-state index < -0.39 is 18.1 Å². The lowest BCUT2D eigenvalue weighted by Gasteiger charge is -2.31. The summed E-state index contributed by atoms with van der Waals surface area (Å²) in [6.07, 6.45) is -0.114. The molecule has 4 N–H and O–H groups in total. The van der Waals surface area contributed by atoms with Gasteiger partial charge in [-0.15, -0.1) is 0 Å². The lowest BCUT2D eigenvalue weighted by atomic mass is 9.84. The third-order valence-corrected chi connectivity index (χ3v) is 4.35. The largest absolute Gasteiger partial charge is 0.480 e. The molecule has 1 aliphatic rings. The first-order valence-electron chi connectivity index (χ1n) is 4.66. The number of rotatable bonds is 3. The molecule has 0 aromatic heterocycles. The van der Waals surface area contributed by atoms with Crippen molar-refractivity contribution in [1.82, 2.24) is 0 Å². The molecule has 5 heteroatoms. The maximum absolute atomic E-state index is 10.6. The Morgan fingerprint density at radius 3 is 2.57 bits per heavy atom. The predicted octanol–water partition coefficient (Wildman–Crippen LogP) is 0.291. The van der Waals surface area contributed by atoms with E-state index in [-0.39, 0.29) is 10.7 Å². The zero-order valence-electron chi connectivity index (χ0n) is 8.43. The number of nitrogens with two attached hydrogens (primary N) is 1. The molecule has 0 spiro atoms. The summed E-state index contributed by atoms with van der Waals surface area (Å²) in [5, 5.41) is 18.5. The molecule has 4 nitrogen and oxygen atoms in total. The van der Waals surface area contributed by atoms with Crippen LogP contribution >= 0.6 is 11.8 Å². The molecular formula is C9H17NO3S. The van der Waals surface area contributed by atoms with E-state index >= 15 is 0 Å². The molecule has 1 heterocycles. The Hall–Kier alpha value is -0.260. The SMILES string of the molecule is CC1(C)SCCC1C(O)C(N)C(=O)O. The smallest absolute Gasteiger partial charge is 0.323 e. The van der Waals surface area contributed by atoms with Gasteiger partial charge in [-0.05, 0) is 12.2 Å². The van der Waals surface area contributed by atoms with E-state index in [1.807, 2.05) is 13.8 Å². The lowest BCUT2D eigenvalue weighted by Crippen LogP contribution is -2.49. The van der Waals surface area contributed by atoms with Crippen molar-refractivity contribution in [2.45, 2.75) is 37.2 Å². The molecular weight excluding hydrogens is 202 g/mol. The highest BCUT2D eigenvalue weighted by Gasteiger charge is 2.43. The summed E-state index contributed by atoms with van der Waals surface area (Å²) >= 11 is 1.76. The van der Waals surface area contributed by atoms with Crippen LogP contribution in [0.2, 0.25) is 0 Å². The Morgan fingerprint density at radius 1 is 1.64 bits per heavy atom. The Morgan fingerprint density at radius 2 is 2.21 bits per heavy atom. The van der Waals surface area contributed by atoms with Crippen molar-refractivity contribution in [1.29, 1.82) is 0 Å². The number of aliphatic carboxylic acids is 1. The van der Waals surface area contributed by atoms with Gasteiger partial charge in [0.15, 0.2) is 0 Å². The van der Waals surface area contributed by atoms with Crippen molar-refractivity contribution in [3.8, 4) is 0 Å². The average molecular weight is 219 g/mol. The maximum Gasteiger partial charge on any atom is 0.323 e. The minimum Gasteiger partial charge on any atom is -0.480 e. The summed E-state index contributed by atoms with van der Waals surface area (Å²) < 4.78 is -0.0769. The van der Waals surface area contributed by atoms with E-state index in [2.05, 4.69) is 0 Å². The van der Waals surface area contributed by atoms with Gasteiger partial charge in [-0.25, -0.2) is 0 Å². The van der Waals surface area contributed by atoms with Crippen molar-refractivity contribution in [3.05, 3.63) is 0 Å². The number of carbonyl (C=O) groups is 1. The van der Waals surface area contributed by atoms with Crippen LogP contribution in [0.25, 0.3) is 0 Å². The zero-order chi connectivity index (χ0) is 10.9. The Kier molecular flexibility index (Phi) is 3.44. The third-order valence-electron chi connectivity index (χ3n) is 2.86. The quantitative estimate of drug-likeness (QED) is 0.635. The molecule has 1 fully saturated rings. The standard InChI is InChI=1S/C9H17NO3S/c1-9(2)5(3-4-14-9)7(11)6(10)8(12)13/h5-7,11H,3-4,10H2,1-2H3,(H,12,13). The Balaban J connectivity index is 2.69. The molecule has 0 amide bonds. The van der Waals surface area contributed by atoms with Crippen LogP contribution in [0, 0.1) is 5.92 Å². The molecule has 82 valence electrons. The monoisotopic (exact) mass is 219 g/mol. The van der Waals surface area contributed by atoms with Crippen LogP contribution in [0.15, 0.2) is 0 Å². The fraction of sp³-hybridized carbons (Fsp3) is 0.889. The summed E-state index contributed by atoms with van der Waals surface area (Å²) in [5.41, 5.74) is 5.40. The highest BCUT2D eigenvalue weighted by Crippen LogP contribution is 2.44. The highest BCUT2D eigenvalue weighted by atomic mass is 32.2. The van der Waals surface area contributed by atoms with Crippen LogP contribution in [-0.4, -0.2) is 38.8 Å². The maximum atomic E-state index is 10.6. The van der Waals surface area contributed by atoms with Gasteiger partial charge in [0, 0.05) is 10.7 Å². The number of hydrogen-bond acceptors (Lipinski definition) is 4. The van der Waals surface area contributed by atoms with Gasteiger partial charge in [-0.3, -0.25) is 4.79 Å². The number of carboxylic acid groups (broad SMARTS) is 1. The minimum atomic E-state index is -1.17. The fourth-order valence-electron chi connectivity index (χ4n) is 1.88. The van der Waals surface area contributed by atoms with Gasteiger partial charge in [0.1, 0.15) is 6.04 Å². The summed E-state index contributed by atoms with van der Waals surface area (Å²) in [7, 11) is 0. The van der Waals surface area contributed by atoms with E-state index in [1.165, 1.54) is 0 Å². The first-order chi connectivity index (χ1) is 6.36. The Bertz CT molecular complexity index is 232. The van der Waals surface area contributed by atoms with Crippen molar-refractivity contribution >= 4 is 17.7 Å². The van der Waals surface area contributed by atoms with Crippen LogP contribution in [-0.2, 0) is 4.79 Å². The molecule has 0 aromatic rings. The molecule has 1 saturated heterocycles. The molecule has 3 atom stereocenters. The van der Waals surface area contributed by atoms with Crippen molar-refractivity contribution in [3.63, 3.8) is 0 Å². The van der Waals surface area contributed by atoms with E-state index in [0.29, 0.717) is 0 Å². The normalized spacial score (nSPS) is 29.9. The third kappa shape index (κ3) is 2.21. The van der Waals surface area contributed by atoms with Crippen LogP contribution in [0.3, 0.4) is 0 Å². The summed E-state index contributed by atoms with van der Waals surface area (Å²) in [6, 6.07) is -1.17. The summed E-state index contributed by atoms with van der Waals surface area (Å²) in [5.74, 6) is -0.204. The summed E-state index contributed by atoms with van der Waals surface area (Å²) in [6.45, 7) is 4.04. The van der Waals surface area contributed by atoms with Crippen molar-refractivity contribution < 1.29 is 15.0 Å². The van der Waals surface area contributed by atoms with Gasteiger partial charge < -0.3 is 15.9 Å². The number of aliphatic hydroxyl groups is 1. The van der Waals surface area contributed by atoms with Crippen LogP contribution < -0.4 is 5.73 Å². The second kappa shape index (κ2) is 4.08. The number of thioether (sulfide) groups is 1. The van der Waals surface area contributed by atoms with Gasteiger partial charge in [0.25, 0.3) is 0 Å². The van der Waals surface area contributed by atoms with E-state index in [4.69, 9.17) is 10.8 Å². The molecule has 1 aliphatic heterocycles. The predicted molar refractivity (Wildman–Crippen MR) is 56.3 cm³/mol. The fourth-order valence-corrected chi connectivity index (χ4v) is 3.25. The molecule has 3 unspecified atom stereocenters. The average Bonchev–Trinajstić information content (AvgIpc) is 2.42. The van der Waals surface area contributed by atoms with Crippen LogP contribution in [0.4, 0.5) is 0 Å². The first kappa shape index (κ1) is 11.8. The van der Waals surface area contributed by atoms with Gasteiger partial charge in [0.2, 0.25) is 0 Å². The molecule has 14 heavy (non-hydrogen) atoms. The van der Waals surface area contributed by atoms with E-state index in [9.17, 15) is 9.90 Å². The molecule has 0 bridgehead atoms. The van der Waals surface area contributed by atoms with E-state index in [0.717, 1.165) is 12.2 Å². The minimum absolute atomic E-state index is 0.0291.